The van der Waals surface area contributed by atoms with Crippen LogP contribution in [-0.2, 0) is 26.9 Å². The van der Waals surface area contributed by atoms with Gasteiger partial charge in [0, 0.05) is 18.0 Å². The first-order valence-corrected chi connectivity index (χ1v) is 11.1. The molecule has 3 rings (SSSR count). The lowest BCUT2D eigenvalue weighted by Gasteiger charge is -2.07. The minimum Gasteiger partial charge on any atom is -0.352 e. The number of thiophene rings is 1. The number of benzene rings is 1. The number of carbonyl (C=O) groups excluding carboxylic acids is 1. The molecule has 0 aliphatic heterocycles. The smallest absolute Gasteiger partial charge is 0.268 e. The molecule has 2 aromatic heterocycles. The van der Waals surface area contributed by atoms with Crippen LogP contribution in [0.25, 0.3) is 10.8 Å². The Kier molecular flexibility index (Phi) is 6.25. The van der Waals surface area contributed by atoms with Gasteiger partial charge in [0.1, 0.15) is 5.75 Å². The average molecular weight is 426 g/mol. The molecule has 0 atom stereocenters. The summed E-state index contributed by atoms with van der Waals surface area (Å²) in [5.41, 5.74) is 0.767. The van der Waals surface area contributed by atoms with Gasteiger partial charge in [0.15, 0.2) is 15.7 Å². The molecular formula is C17H16ClN3O4S2. The summed E-state index contributed by atoms with van der Waals surface area (Å²) in [4.78, 5) is 16.8. The number of aromatic nitrogens is 2. The predicted octanol–water partition coefficient (Wildman–Crippen LogP) is 3.07. The Bertz CT molecular complexity index is 1020. The molecule has 10 heteroatoms. The first kappa shape index (κ1) is 19.5. The average Bonchev–Trinajstić information content (AvgIpc) is 3.30. The zero-order valence-corrected chi connectivity index (χ0v) is 16.5. The van der Waals surface area contributed by atoms with E-state index in [1.54, 1.807) is 24.3 Å². The van der Waals surface area contributed by atoms with Crippen molar-refractivity contribution < 1.29 is 17.7 Å². The van der Waals surface area contributed by atoms with Gasteiger partial charge >= 0.3 is 0 Å². The van der Waals surface area contributed by atoms with E-state index in [9.17, 15) is 13.2 Å². The molecule has 0 fully saturated rings. The second-order valence-corrected chi connectivity index (χ2v) is 9.24. The van der Waals surface area contributed by atoms with Gasteiger partial charge in [0.25, 0.3) is 5.89 Å². The zero-order chi connectivity index (χ0) is 19.3. The van der Waals surface area contributed by atoms with Crippen molar-refractivity contribution in [3.63, 3.8) is 0 Å². The predicted molar refractivity (Wildman–Crippen MR) is 103 cm³/mol. The number of hydrogen-bond acceptors (Lipinski definition) is 7. The van der Waals surface area contributed by atoms with Crippen molar-refractivity contribution >= 4 is 38.7 Å². The summed E-state index contributed by atoms with van der Waals surface area (Å²) in [5, 5.41) is 8.76. The Hall–Kier alpha value is -2.23. The minimum absolute atomic E-state index is 0.0786. The molecule has 0 aliphatic rings. The van der Waals surface area contributed by atoms with Crippen molar-refractivity contribution in [3.05, 3.63) is 58.2 Å². The molecular weight excluding hydrogens is 410 g/mol. The molecule has 3 aromatic rings. The number of carbonyl (C=O) groups is 1. The SMILES string of the molecule is O=C(CCS(=O)(=O)Cc1noc(-c2cccs2)n1)NCc1ccccc1Cl. The van der Waals surface area contributed by atoms with Gasteiger partial charge in [0.05, 0.1) is 10.6 Å². The van der Waals surface area contributed by atoms with Gasteiger partial charge < -0.3 is 9.84 Å². The molecule has 7 nitrogen and oxygen atoms in total. The van der Waals surface area contributed by atoms with Crippen LogP contribution >= 0.6 is 22.9 Å². The van der Waals surface area contributed by atoms with Crippen LogP contribution in [0, 0.1) is 0 Å². The maximum Gasteiger partial charge on any atom is 0.268 e. The van der Waals surface area contributed by atoms with E-state index >= 15 is 0 Å². The maximum absolute atomic E-state index is 12.2. The molecule has 0 saturated carbocycles. The van der Waals surface area contributed by atoms with Gasteiger partial charge in [0.2, 0.25) is 5.91 Å². The van der Waals surface area contributed by atoms with Crippen LogP contribution in [0.5, 0.6) is 0 Å². The Balaban J connectivity index is 1.49. The maximum atomic E-state index is 12.2. The monoisotopic (exact) mass is 425 g/mol. The van der Waals surface area contributed by atoms with E-state index in [1.807, 2.05) is 17.5 Å². The van der Waals surface area contributed by atoms with Crippen molar-refractivity contribution in [1.29, 1.82) is 0 Å². The van der Waals surface area contributed by atoms with Crippen molar-refractivity contribution in [3.8, 4) is 10.8 Å². The Morgan fingerprint density at radius 1 is 1.22 bits per heavy atom. The van der Waals surface area contributed by atoms with E-state index in [2.05, 4.69) is 15.5 Å². The summed E-state index contributed by atoms with van der Waals surface area (Å²) < 4.78 is 29.5. The number of nitrogens with zero attached hydrogens (tertiary/aromatic N) is 2. The van der Waals surface area contributed by atoms with E-state index in [-0.39, 0.29) is 42.1 Å². The highest BCUT2D eigenvalue weighted by Gasteiger charge is 2.19. The van der Waals surface area contributed by atoms with E-state index in [0.29, 0.717) is 5.02 Å². The number of nitrogens with one attached hydrogen (secondary N) is 1. The summed E-state index contributed by atoms with van der Waals surface area (Å²) in [6.07, 6.45) is -0.150. The summed E-state index contributed by atoms with van der Waals surface area (Å²) in [7, 11) is -3.54. The topological polar surface area (TPSA) is 102 Å². The molecule has 1 N–H and O–H groups in total. The Morgan fingerprint density at radius 3 is 2.78 bits per heavy atom. The van der Waals surface area contributed by atoms with Gasteiger partial charge in [-0.05, 0) is 23.1 Å². The van der Waals surface area contributed by atoms with Crippen LogP contribution in [0.15, 0.2) is 46.3 Å². The molecule has 1 amide bonds. The highest BCUT2D eigenvalue weighted by atomic mass is 35.5. The molecule has 0 unspecified atom stereocenters. The third-order valence-electron chi connectivity index (χ3n) is 3.62. The van der Waals surface area contributed by atoms with Crippen LogP contribution in [-0.4, -0.2) is 30.2 Å². The highest BCUT2D eigenvalue weighted by Crippen LogP contribution is 2.22. The Morgan fingerprint density at radius 2 is 2.04 bits per heavy atom. The second kappa shape index (κ2) is 8.64. The normalized spacial score (nSPS) is 11.4. The van der Waals surface area contributed by atoms with Crippen LogP contribution in [0.3, 0.4) is 0 Å². The number of halogens is 1. The fourth-order valence-electron chi connectivity index (χ4n) is 2.25. The molecule has 0 radical (unpaired) electrons. The van der Waals surface area contributed by atoms with Gasteiger partial charge in [-0.15, -0.1) is 11.3 Å². The minimum atomic E-state index is -3.54. The second-order valence-electron chi connectivity index (χ2n) is 5.70. The standard InChI is InChI=1S/C17H16ClN3O4S2/c18-13-5-2-1-4-12(13)10-19-16(22)7-9-27(23,24)11-15-20-17(25-21-15)14-6-3-8-26-14/h1-6,8H,7,9-11H2,(H,19,22). The molecule has 0 aliphatic carbocycles. The largest absolute Gasteiger partial charge is 0.352 e. The van der Waals surface area contributed by atoms with E-state index in [0.717, 1.165) is 10.4 Å². The first-order valence-electron chi connectivity index (χ1n) is 8.00. The summed E-state index contributed by atoms with van der Waals surface area (Å²) in [6, 6.07) is 10.8. The van der Waals surface area contributed by atoms with Crippen LogP contribution < -0.4 is 5.32 Å². The quantitative estimate of drug-likeness (QED) is 0.595. The Labute approximate surface area is 165 Å². The van der Waals surface area contributed by atoms with Crippen molar-refractivity contribution in [2.24, 2.45) is 0 Å². The molecule has 0 saturated heterocycles. The van der Waals surface area contributed by atoms with Crippen molar-refractivity contribution in [2.45, 2.75) is 18.7 Å². The molecule has 0 bridgehead atoms. The lowest BCUT2D eigenvalue weighted by molar-refractivity contribution is -0.120. The zero-order valence-electron chi connectivity index (χ0n) is 14.1. The fourth-order valence-corrected chi connectivity index (χ4v) is 4.25. The van der Waals surface area contributed by atoms with E-state index in [1.165, 1.54) is 11.3 Å². The third-order valence-corrected chi connectivity index (χ3v) is 6.37. The molecule has 1 aromatic carbocycles. The van der Waals surface area contributed by atoms with Gasteiger partial charge in [-0.2, -0.15) is 4.98 Å². The molecule has 27 heavy (non-hydrogen) atoms. The number of amides is 1. The highest BCUT2D eigenvalue weighted by molar-refractivity contribution is 7.90. The van der Waals surface area contributed by atoms with Crippen LogP contribution in [0.1, 0.15) is 17.8 Å². The van der Waals surface area contributed by atoms with Crippen molar-refractivity contribution in [2.75, 3.05) is 5.75 Å². The molecule has 0 spiro atoms. The van der Waals surface area contributed by atoms with E-state index in [4.69, 9.17) is 16.1 Å². The lowest BCUT2D eigenvalue weighted by atomic mass is 10.2. The summed E-state index contributed by atoms with van der Waals surface area (Å²) >= 11 is 7.44. The third kappa shape index (κ3) is 5.62. The van der Waals surface area contributed by atoms with E-state index < -0.39 is 9.84 Å². The van der Waals surface area contributed by atoms with Gasteiger partial charge in [-0.25, -0.2) is 8.42 Å². The van der Waals surface area contributed by atoms with Gasteiger partial charge in [-0.1, -0.05) is 41.0 Å². The van der Waals surface area contributed by atoms with Crippen LogP contribution in [0.2, 0.25) is 5.02 Å². The fraction of sp³-hybridized carbons (Fsp3) is 0.235. The number of hydrogen-bond donors (Lipinski definition) is 1. The molecule has 2 heterocycles. The molecule has 142 valence electrons. The van der Waals surface area contributed by atoms with Crippen LogP contribution in [0.4, 0.5) is 0 Å². The lowest BCUT2D eigenvalue weighted by Crippen LogP contribution is -2.25. The summed E-state index contributed by atoms with van der Waals surface area (Å²) in [5.74, 6) is -0.683. The number of sulfone groups is 1. The first-order chi connectivity index (χ1) is 12.9. The number of rotatable bonds is 8. The summed E-state index contributed by atoms with van der Waals surface area (Å²) in [6.45, 7) is 0.244. The van der Waals surface area contributed by atoms with Gasteiger partial charge in [-0.3, -0.25) is 4.79 Å². The van der Waals surface area contributed by atoms with Crippen molar-refractivity contribution in [1.82, 2.24) is 15.5 Å².